The van der Waals surface area contributed by atoms with Crippen molar-refractivity contribution in [3.05, 3.63) is 47.8 Å². The number of rotatable bonds is 8. The van der Waals surface area contributed by atoms with Gasteiger partial charge in [0.15, 0.2) is 0 Å². The number of amides is 2. The first kappa shape index (κ1) is 17.7. The Morgan fingerprint density at radius 3 is 2.62 bits per heavy atom. The van der Waals surface area contributed by atoms with Crippen LogP contribution in [0.1, 0.15) is 23.0 Å². The summed E-state index contributed by atoms with van der Waals surface area (Å²) in [4.78, 5) is 24.0. The van der Waals surface area contributed by atoms with Crippen LogP contribution in [-0.2, 0) is 16.0 Å². The van der Waals surface area contributed by atoms with Crippen molar-refractivity contribution in [3.8, 4) is 5.69 Å². The fourth-order valence-corrected chi connectivity index (χ4v) is 2.31. The van der Waals surface area contributed by atoms with Crippen molar-refractivity contribution in [1.29, 1.82) is 0 Å². The van der Waals surface area contributed by atoms with Crippen LogP contribution in [0.5, 0.6) is 0 Å². The second-order valence-corrected chi connectivity index (χ2v) is 5.13. The van der Waals surface area contributed by atoms with Gasteiger partial charge < -0.3 is 15.4 Å². The van der Waals surface area contributed by atoms with E-state index in [-0.39, 0.29) is 18.4 Å². The number of nitrogens with one attached hydrogen (secondary N) is 2. The lowest BCUT2D eigenvalue weighted by molar-refractivity contribution is -0.120. The predicted octanol–water partition coefficient (Wildman–Crippen LogP) is 0.927. The third kappa shape index (κ3) is 4.42. The summed E-state index contributed by atoms with van der Waals surface area (Å²) in [7, 11) is 1.56. The zero-order chi connectivity index (χ0) is 17.4. The monoisotopic (exact) mass is 330 g/mol. The molecule has 0 atom stereocenters. The van der Waals surface area contributed by atoms with Crippen molar-refractivity contribution in [3.63, 3.8) is 0 Å². The summed E-state index contributed by atoms with van der Waals surface area (Å²) in [6.45, 7) is 2.73. The Morgan fingerprint density at radius 1 is 1.21 bits per heavy atom. The Hall–Kier alpha value is -2.67. The normalized spacial score (nSPS) is 10.4. The Labute approximate surface area is 141 Å². The highest BCUT2D eigenvalue weighted by Gasteiger charge is 2.17. The van der Waals surface area contributed by atoms with E-state index in [0.29, 0.717) is 25.1 Å². The molecule has 0 unspecified atom stereocenters. The zero-order valence-corrected chi connectivity index (χ0v) is 13.9. The van der Waals surface area contributed by atoms with Crippen molar-refractivity contribution >= 4 is 11.8 Å². The number of carbonyl (C=O) groups excluding carboxylic acids is 2. The molecule has 0 fully saturated rings. The summed E-state index contributed by atoms with van der Waals surface area (Å²) >= 11 is 0. The van der Waals surface area contributed by atoms with Gasteiger partial charge in [-0.15, -0.1) is 0 Å². The van der Waals surface area contributed by atoms with Crippen LogP contribution in [0.4, 0.5) is 0 Å². The van der Waals surface area contributed by atoms with Gasteiger partial charge in [0.05, 0.1) is 36.3 Å². The van der Waals surface area contributed by atoms with Gasteiger partial charge >= 0.3 is 0 Å². The number of methoxy groups -OCH3 is 1. The van der Waals surface area contributed by atoms with Gasteiger partial charge in [-0.25, -0.2) is 4.68 Å². The molecule has 1 heterocycles. The second-order valence-electron chi connectivity index (χ2n) is 5.13. The largest absolute Gasteiger partial charge is 0.383 e. The molecular weight excluding hydrogens is 308 g/mol. The molecule has 7 nitrogen and oxygen atoms in total. The summed E-state index contributed by atoms with van der Waals surface area (Å²) in [5.41, 5.74) is 2.18. The van der Waals surface area contributed by atoms with E-state index in [1.807, 2.05) is 37.3 Å². The summed E-state index contributed by atoms with van der Waals surface area (Å²) in [5.74, 6) is -0.565. The first-order valence-electron chi connectivity index (χ1n) is 7.83. The molecule has 0 saturated heterocycles. The number of hydrogen-bond donors (Lipinski definition) is 2. The lowest BCUT2D eigenvalue weighted by atomic mass is 10.2. The first-order chi connectivity index (χ1) is 11.7. The Balaban J connectivity index is 2.02. The van der Waals surface area contributed by atoms with E-state index in [2.05, 4.69) is 15.7 Å². The molecule has 128 valence electrons. The highest BCUT2D eigenvalue weighted by atomic mass is 16.5. The molecule has 0 aliphatic carbocycles. The number of carbonyl (C=O) groups is 2. The SMILES string of the molecule is CCc1c(C(=O)NCC(=O)NCCOC)cnn1-c1ccccc1. The van der Waals surface area contributed by atoms with Gasteiger partial charge in [0.1, 0.15) is 0 Å². The van der Waals surface area contributed by atoms with Crippen molar-refractivity contribution in [1.82, 2.24) is 20.4 Å². The third-order valence-corrected chi connectivity index (χ3v) is 3.49. The molecule has 0 bridgehead atoms. The maximum absolute atomic E-state index is 12.3. The number of nitrogens with zero attached hydrogens (tertiary/aromatic N) is 2. The van der Waals surface area contributed by atoms with Gasteiger partial charge in [-0.2, -0.15) is 5.10 Å². The maximum atomic E-state index is 12.3. The average molecular weight is 330 g/mol. The molecule has 0 spiro atoms. The molecule has 1 aromatic heterocycles. The molecule has 1 aromatic carbocycles. The van der Waals surface area contributed by atoms with Crippen LogP contribution in [0.3, 0.4) is 0 Å². The fraction of sp³-hybridized carbons (Fsp3) is 0.353. The quantitative estimate of drug-likeness (QED) is 0.705. The van der Waals surface area contributed by atoms with E-state index in [9.17, 15) is 9.59 Å². The molecule has 0 aliphatic heterocycles. The van der Waals surface area contributed by atoms with Gasteiger partial charge in [0.25, 0.3) is 5.91 Å². The molecule has 2 N–H and O–H groups in total. The predicted molar refractivity (Wildman–Crippen MR) is 90.2 cm³/mol. The molecule has 2 amide bonds. The highest BCUT2D eigenvalue weighted by molar-refractivity contribution is 5.97. The standard InChI is InChI=1S/C17H22N4O3/c1-3-15-14(11-20-21(15)13-7-5-4-6-8-13)17(23)19-12-16(22)18-9-10-24-2/h4-8,11H,3,9-10,12H2,1-2H3,(H,18,22)(H,19,23). The molecule has 0 aliphatic rings. The number of hydrogen-bond acceptors (Lipinski definition) is 4. The van der Waals surface area contributed by atoms with Crippen LogP contribution in [0.2, 0.25) is 0 Å². The van der Waals surface area contributed by atoms with Crippen LogP contribution in [0.15, 0.2) is 36.5 Å². The molecular formula is C17H22N4O3. The summed E-state index contributed by atoms with van der Waals surface area (Å²) in [5, 5.41) is 9.58. The number of para-hydroxylation sites is 1. The van der Waals surface area contributed by atoms with Crippen LogP contribution in [0.25, 0.3) is 5.69 Å². The molecule has 24 heavy (non-hydrogen) atoms. The van der Waals surface area contributed by atoms with Gasteiger partial charge in [0.2, 0.25) is 5.91 Å². The van der Waals surface area contributed by atoms with Crippen LogP contribution in [-0.4, -0.2) is 48.4 Å². The van der Waals surface area contributed by atoms with Crippen LogP contribution >= 0.6 is 0 Å². The van der Waals surface area contributed by atoms with E-state index < -0.39 is 0 Å². The number of ether oxygens (including phenoxy) is 1. The van der Waals surface area contributed by atoms with Crippen LogP contribution in [0, 0.1) is 0 Å². The van der Waals surface area contributed by atoms with E-state index in [1.54, 1.807) is 11.8 Å². The Bertz CT molecular complexity index is 682. The fourth-order valence-electron chi connectivity index (χ4n) is 2.31. The summed E-state index contributed by atoms with van der Waals surface area (Å²) < 4.78 is 6.59. The molecule has 0 saturated carbocycles. The minimum absolute atomic E-state index is 0.0811. The smallest absolute Gasteiger partial charge is 0.255 e. The lowest BCUT2D eigenvalue weighted by Crippen LogP contribution is -2.38. The second kappa shape index (κ2) is 8.83. The Morgan fingerprint density at radius 2 is 1.96 bits per heavy atom. The highest BCUT2D eigenvalue weighted by Crippen LogP contribution is 2.15. The van der Waals surface area contributed by atoms with E-state index in [1.165, 1.54) is 6.20 Å². The minimum Gasteiger partial charge on any atom is -0.383 e. The number of aromatic nitrogens is 2. The molecule has 2 aromatic rings. The van der Waals surface area contributed by atoms with E-state index >= 15 is 0 Å². The molecule has 0 radical (unpaired) electrons. The Kier molecular flexibility index (Phi) is 6.51. The molecule has 2 rings (SSSR count). The minimum atomic E-state index is -0.309. The van der Waals surface area contributed by atoms with Gasteiger partial charge in [-0.1, -0.05) is 25.1 Å². The van der Waals surface area contributed by atoms with Gasteiger partial charge in [-0.05, 0) is 18.6 Å². The van der Waals surface area contributed by atoms with Crippen LogP contribution < -0.4 is 10.6 Å². The lowest BCUT2D eigenvalue weighted by Gasteiger charge is -2.09. The maximum Gasteiger partial charge on any atom is 0.255 e. The van der Waals surface area contributed by atoms with E-state index in [0.717, 1.165) is 11.4 Å². The van der Waals surface area contributed by atoms with Crippen molar-refractivity contribution < 1.29 is 14.3 Å². The zero-order valence-electron chi connectivity index (χ0n) is 13.9. The summed E-state index contributed by atoms with van der Waals surface area (Å²) in [6, 6.07) is 9.61. The molecule has 7 heteroatoms. The van der Waals surface area contributed by atoms with Crippen molar-refractivity contribution in [2.75, 3.05) is 26.8 Å². The van der Waals surface area contributed by atoms with Crippen molar-refractivity contribution in [2.45, 2.75) is 13.3 Å². The van der Waals surface area contributed by atoms with Gasteiger partial charge in [-0.3, -0.25) is 9.59 Å². The first-order valence-corrected chi connectivity index (χ1v) is 7.83. The van der Waals surface area contributed by atoms with E-state index in [4.69, 9.17) is 4.74 Å². The van der Waals surface area contributed by atoms with Gasteiger partial charge in [0, 0.05) is 13.7 Å². The third-order valence-electron chi connectivity index (χ3n) is 3.49. The average Bonchev–Trinajstić information content (AvgIpc) is 3.04. The van der Waals surface area contributed by atoms with Crippen molar-refractivity contribution in [2.24, 2.45) is 0 Å². The number of benzene rings is 1. The summed E-state index contributed by atoms with van der Waals surface area (Å²) in [6.07, 6.45) is 2.18. The topological polar surface area (TPSA) is 85.2 Å².